The molecule has 1 aliphatic rings. The third-order valence-electron chi connectivity index (χ3n) is 5.86. The molecule has 0 unspecified atom stereocenters. The van der Waals surface area contributed by atoms with Crippen molar-refractivity contribution in [3.05, 3.63) is 64.2 Å². The summed E-state index contributed by atoms with van der Waals surface area (Å²) in [6.45, 7) is 1.57. The number of ether oxygens (including phenoxy) is 1. The number of carbonyl (C=O) groups excluding carboxylic acids is 3. The zero-order valence-electron chi connectivity index (χ0n) is 19.5. The quantitative estimate of drug-likeness (QED) is 0.510. The molecule has 0 spiro atoms. The van der Waals surface area contributed by atoms with Gasteiger partial charge in [-0.1, -0.05) is 42.8 Å². The maximum atomic E-state index is 13.3. The number of halogens is 1. The maximum absolute atomic E-state index is 13.3. The van der Waals surface area contributed by atoms with Crippen molar-refractivity contribution >= 4 is 35.4 Å². The number of aliphatic carboxylic acids is 1. The third kappa shape index (κ3) is 6.73. The second kappa shape index (κ2) is 11.7. The number of amides is 4. The first-order valence-corrected chi connectivity index (χ1v) is 11.6. The van der Waals surface area contributed by atoms with E-state index in [1.807, 2.05) is 6.92 Å². The van der Waals surface area contributed by atoms with Crippen LogP contribution in [0.1, 0.15) is 36.1 Å². The number of urea groups is 1. The van der Waals surface area contributed by atoms with Crippen LogP contribution in [0, 0.1) is 5.92 Å². The molecule has 2 aromatic rings. The lowest BCUT2D eigenvalue weighted by Gasteiger charge is -2.25. The van der Waals surface area contributed by atoms with Crippen LogP contribution in [0.5, 0.6) is 5.75 Å². The molecule has 0 bridgehead atoms. The number of hydrogen-bond donors (Lipinski definition) is 3. The van der Waals surface area contributed by atoms with E-state index < -0.39 is 35.8 Å². The van der Waals surface area contributed by atoms with Crippen molar-refractivity contribution in [1.82, 2.24) is 15.5 Å². The van der Waals surface area contributed by atoms with E-state index in [1.165, 1.54) is 7.11 Å². The zero-order valence-corrected chi connectivity index (χ0v) is 20.3. The zero-order chi connectivity index (χ0) is 25.5. The molecule has 0 radical (unpaired) electrons. The predicted molar refractivity (Wildman–Crippen MR) is 129 cm³/mol. The highest BCUT2D eigenvalue weighted by molar-refractivity contribution is 6.30. The van der Waals surface area contributed by atoms with Gasteiger partial charge in [0.05, 0.1) is 25.5 Å². The number of carbonyl (C=O) groups is 4. The molecule has 0 aromatic heterocycles. The van der Waals surface area contributed by atoms with Crippen LogP contribution < -0.4 is 15.4 Å². The van der Waals surface area contributed by atoms with Gasteiger partial charge in [-0.05, 0) is 47.7 Å². The molecule has 9 nitrogen and oxygen atoms in total. The van der Waals surface area contributed by atoms with Gasteiger partial charge in [-0.15, -0.1) is 0 Å². The van der Waals surface area contributed by atoms with Gasteiger partial charge < -0.3 is 20.5 Å². The number of hydrogen-bond acceptors (Lipinski definition) is 5. The highest BCUT2D eigenvalue weighted by Crippen LogP contribution is 2.26. The summed E-state index contributed by atoms with van der Waals surface area (Å²) in [6.07, 6.45) is 0.663. The van der Waals surface area contributed by atoms with Gasteiger partial charge >= 0.3 is 12.0 Å². The van der Waals surface area contributed by atoms with Crippen LogP contribution in [0.25, 0.3) is 0 Å². The van der Waals surface area contributed by atoms with Crippen LogP contribution in [-0.4, -0.2) is 54.0 Å². The first-order chi connectivity index (χ1) is 16.7. The monoisotopic (exact) mass is 501 g/mol. The van der Waals surface area contributed by atoms with E-state index in [9.17, 15) is 19.2 Å². The summed E-state index contributed by atoms with van der Waals surface area (Å²) in [5, 5.41) is 15.0. The topological polar surface area (TPSA) is 125 Å². The minimum absolute atomic E-state index is 0.0827. The number of methoxy groups -OCH3 is 1. The normalized spacial score (nSPS) is 16.8. The third-order valence-corrected chi connectivity index (χ3v) is 6.10. The van der Waals surface area contributed by atoms with Crippen molar-refractivity contribution in [3.63, 3.8) is 0 Å². The summed E-state index contributed by atoms with van der Waals surface area (Å²) in [5.41, 5.74) is 2.10. The molecule has 0 saturated carbocycles. The summed E-state index contributed by atoms with van der Waals surface area (Å²) < 4.78 is 5.37. The molecule has 2 atom stereocenters. The minimum Gasteiger partial charge on any atom is -0.496 e. The van der Waals surface area contributed by atoms with Crippen molar-refractivity contribution in [2.24, 2.45) is 5.92 Å². The van der Waals surface area contributed by atoms with Gasteiger partial charge in [-0.2, -0.15) is 0 Å². The van der Waals surface area contributed by atoms with Gasteiger partial charge in [0.25, 0.3) is 0 Å². The molecular formula is C25H28ClN3O6. The van der Waals surface area contributed by atoms with Gasteiger partial charge in [-0.3, -0.25) is 19.3 Å². The molecule has 1 fully saturated rings. The lowest BCUT2D eigenvalue weighted by molar-refractivity contribution is -0.136. The van der Waals surface area contributed by atoms with Crippen molar-refractivity contribution in [3.8, 4) is 5.75 Å². The van der Waals surface area contributed by atoms with E-state index in [2.05, 4.69) is 10.6 Å². The van der Waals surface area contributed by atoms with E-state index >= 15 is 0 Å². The van der Waals surface area contributed by atoms with Crippen LogP contribution >= 0.6 is 11.6 Å². The van der Waals surface area contributed by atoms with E-state index in [4.69, 9.17) is 21.4 Å². The number of carboxylic acid groups (broad SMARTS) is 1. The van der Waals surface area contributed by atoms with E-state index in [0.717, 1.165) is 10.5 Å². The molecule has 4 amide bonds. The smallest absolute Gasteiger partial charge is 0.325 e. The highest BCUT2D eigenvalue weighted by atomic mass is 35.5. The molecule has 2 aromatic carbocycles. The number of rotatable bonds is 8. The molecular weight excluding hydrogens is 474 g/mol. The summed E-state index contributed by atoms with van der Waals surface area (Å²) in [4.78, 5) is 50.6. The molecule has 1 saturated heterocycles. The Balaban J connectivity index is 1.76. The van der Waals surface area contributed by atoms with E-state index in [-0.39, 0.29) is 25.9 Å². The fraction of sp³-hybridized carbons (Fsp3) is 0.360. The highest BCUT2D eigenvalue weighted by Gasteiger charge is 2.35. The van der Waals surface area contributed by atoms with Crippen molar-refractivity contribution in [1.29, 1.82) is 0 Å². The van der Waals surface area contributed by atoms with Crippen LogP contribution in [0.4, 0.5) is 4.79 Å². The summed E-state index contributed by atoms with van der Waals surface area (Å²) in [6, 6.07) is 10.9. The van der Waals surface area contributed by atoms with Crippen LogP contribution in [0.2, 0.25) is 5.02 Å². The Hall–Kier alpha value is -3.59. The Morgan fingerprint density at radius 1 is 1.23 bits per heavy atom. The largest absolute Gasteiger partial charge is 0.496 e. The SMILES string of the molecule is CC[C@@H](NC(=O)N1CC(=O)NC[C@@H](Cc2cc(Cl)ccc2OC)C1=O)c1ccc(CC(=O)O)cc1. The Labute approximate surface area is 208 Å². The number of nitrogens with zero attached hydrogens (tertiary/aromatic N) is 1. The van der Waals surface area contributed by atoms with Crippen LogP contribution in [0.15, 0.2) is 42.5 Å². The number of carboxylic acids is 1. The summed E-state index contributed by atoms with van der Waals surface area (Å²) >= 11 is 6.11. The fourth-order valence-electron chi connectivity index (χ4n) is 4.02. The second-order valence-electron chi connectivity index (χ2n) is 8.31. The van der Waals surface area contributed by atoms with Gasteiger partial charge in [0, 0.05) is 11.6 Å². The average molecular weight is 502 g/mol. The van der Waals surface area contributed by atoms with Gasteiger partial charge in [-0.25, -0.2) is 4.79 Å². The first kappa shape index (κ1) is 26.0. The van der Waals surface area contributed by atoms with Crippen LogP contribution in [-0.2, 0) is 27.2 Å². The summed E-state index contributed by atoms with van der Waals surface area (Å²) in [5.74, 6) is -1.96. The fourth-order valence-corrected chi connectivity index (χ4v) is 4.21. The molecule has 0 aliphatic carbocycles. The van der Waals surface area contributed by atoms with Crippen molar-refractivity contribution in [2.45, 2.75) is 32.2 Å². The van der Waals surface area contributed by atoms with Crippen molar-refractivity contribution in [2.75, 3.05) is 20.2 Å². The maximum Gasteiger partial charge on any atom is 0.325 e. The average Bonchev–Trinajstić information content (AvgIpc) is 2.96. The second-order valence-corrected chi connectivity index (χ2v) is 8.74. The van der Waals surface area contributed by atoms with Crippen LogP contribution in [0.3, 0.4) is 0 Å². The van der Waals surface area contributed by atoms with E-state index in [1.54, 1.807) is 42.5 Å². The molecule has 10 heteroatoms. The molecule has 186 valence electrons. The molecule has 3 N–H and O–H groups in total. The number of nitrogens with one attached hydrogen (secondary N) is 2. The predicted octanol–water partition coefficient (Wildman–Crippen LogP) is 2.95. The standard InChI is InChI=1S/C25H28ClN3O6/c1-3-20(16-6-4-15(5-7-16)10-23(31)32)28-25(34)29-14-22(30)27-13-18(24(29)33)11-17-12-19(26)8-9-21(17)35-2/h4-9,12,18,20H,3,10-11,13-14H2,1-2H3,(H,27,30)(H,28,34)(H,31,32)/t18-,20-/m1/s1. The Morgan fingerprint density at radius 2 is 1.94 bits per heavy atom. The molecule has 1 heterocycles. The first-order valence-electron chi connectivity index (χ1n) is 11.2. The van der Waals surface area contributed by atoms with Gasteiger partial charge in [0.15, 0.2) is 0 Å². The minimum atomic E-state index is -0.930. The number of benzene rings is 2. The lowest BCUT2D eigenvalue weighted by atomic mass is 9.97. The van der Waals surface area contributed by atoms with Gasteiger partial charge in [0.1, 0.15) is 12.3 Å². The number of imide groups is 1. The van der Waals surface area contributed by atoms with Gasteiger partial charge in [0.2, 0.25) is 11.8 Å². The Bertz CT molecular complexity index is 1100. The molecule has 3 rings (SSSR count). The lowest BCUT2D eigenvalue weighted by Crippen LogP contribution is -2.48. The Morgan fingerprint density at radius 3 is 2.57 bits per heavy atom. The van der Waals surface area contributed by atoms with Crippen molar-refractivity contribution < 1.29 is 29.0 Å². The van der Waals surface area contributed by atoms with E-state index in [0.29, 0.717) is 28.3 Å². The molecule has 1 aliphatic heterocycles. The summed E-state index contributed by atoms with van der Waals surface area (Å²) in [7, 11) is 1.52. The molecule has 35 heavy (non-hydrogen) atoms. The Kier molecular flexibility index (Phi) is 8.70.